The normalized spacial score (nSPS) is 26.6. The fourth-order valence-electron chi connectivity index (χ4n) is 13.7. The number of fused-ring (bicyclic) bond motifs is 3. The van der Waals surface area contributed by atoms with Gasteiger partial charge in [-0.05, 0) is 138 Å². The van der Waals surface area contributed by atoms with Gasteiger partial charge in [-0.3, -0.25) is 0 Å². The number of benzene rings is 5. The Hall–Kier alpha value is -8.09. The molecule has 0 bridgehead atoms. The molecule has 22 nitrogen and oxygen atoms in total. The summed E-state index contributed by atoms with van der Waals surface area (Å²) in [6.07, 6.45) is 15.4. The number of aliphatic hydroxyl groups excluding tert-OH is 2. The van der Waals surface area contributed by atoms with Gasteiger partial charge in [-0.2, -0.15) is 0 Å². The van der Waals surface area contributed by atoms with Gasteiger partial charge in [-0.15, -0.1) is 0 Å². The van der Waals surface area contributed by atoms with Crippen molar-refractivity contribution in [3.63, 3.8) is 0 Å². The monoisotopic (exact) mass is 1430 g/mol. The number of nitrogens with zero attached hydrogens (tertiary/aromatic N) is 5. The Kier molecular flexibility index (Phi) is 33.5. The third kappa shape index (κ3) is 25.9. The molecule has 3 saturated heterocycles. The Morgan fingerprint density at radius 3 is 0.893 bits per heavy atom. The van der Waals surface area contributed by atoms with Crippen LogP contribution in [0, 0.1) is 0 Å². The van der Waals surface area contributed by atoms with E-state index in [1.807, 2.05) is 180 Å². The Morgan fingerprint density at radius 2 is 0.602 bits per heavy atom. The summed E-state index contributed by atoms with van der Waals surface area (Å²) >= 11 is 0. The van der Waals surface area contributed by atoms with E-state index < -0.39 is 18.3 Å². The Balaban J connectivity index is 0.000000203. The first-order valence-corrected chi connectivity index (χ1v) is 35.8. The molecule has 4 saturated carbocycles. The molecule has 7 fully saturated rings. The van der Waals surface area contributed by atoms with Crippen molar-refractivity contribution in [2.24, 2.45) is 0 Å². The molecule has 0 spiro atoms. The highest BCUT2D eigenvalue weighted by Crippen LogP contribution is 2.39. The van der Waals surface area contributed by atoms with E-state index in [0.29, 0.717) is 57.9 Å². The van der Waals surface area contributed by atoms with Crippen LogP contribution in [0.2, 0.25) is 0 Å². The van der Waals surface area contributed by atoms with Crippen molar-refractivity contribution in [1.82, 2.24) is 24.5 Å². The van der Waals surface area contributed by atoms with Crippen LogP contribution in [0.1, 0.15) is 154 Å². The zero-order valence-electron chi connectivity index (χ0n) is 60.6. The highest BCUT2D eigenvalue weighted by molar-refractivity contribution is 5.69. The first-order valence-electron chi connectivity index (χ1n) is 35.8. The molecular weight excluding hydrogens is 1310 g/mol. The molecule has 6 unspecified atom stereocenters. The highest BCUT2D eigenvalue weighted by atomic mass is 16.7. The Morgan fingerprint density at radius 1 is 0.340 bits per heavy atom. The first-order chi connectivity index (χ1) is 48.8. The Bertz CT molecular complexity index is 3240. The molecule has 8 aliphatic rings. The summed E-state index contributed by atoms with van der Waals surface area (Å²) in [5, 5.41) is 19.1. The number of aliphatic hydroxyl groups is 2. The first kappa shape index (κ1) is 82.2. The molecule has 22 heteroatoms. The third-order valence-electron chi connectivity index (χ3n) is 20.0. The van der Waals surface area contributed by atoms with E-state index >= 15 is 0 Å². The van der Waals surface area contributed by atoms with E-state index in [1.165, 1.54) is 4.90 Å². The maximum atomic E-state index is 12.2. The second-order valence-corrected chi connectivity index (χ2v) is 27.2. The number of rotatable bonds is 15. The maximum absolute atomic E-state index is 12.2. The van der Waals surface area contributed by atoms with Crippen LogP contribution in [0.4, 0.5) is 24.0 Å². The molecule has 3 heterocycles. The van der Waals surface area contributed by atoms with Crippen LogP contribution in [0.5, 0.6) is 0 Å². The van der Waals surface area contributed by atoms with Crippen molar-refractivity contribution in [1.29, 1.82) is 0 Å². The molecule has 564 valence electrons. The van der Waals surface area contributed by atoms with Crippen LogP contribution >= 0.6 is 0 Å². The molecule has 2 N–H and O–H groups in total. The molecule has 13 rings (SSSR count). The summed E-state index contributed by atoms with van der Waals surface area (Å²) in [6.45, 7) is 5.36. The topological polar surface area (TPSA) is 238 Å². The zero-order chi connectivity index (χ0) is 71.6. The van der Waals surface area contributed by atoms with Gasteiger partial charge in [0.2, 0.25) is 0 Å². The summed E-state index contributed by atoms with van der Waals surface area (Å²) in [6, 6.07) is 49.2. The standard InChI is InChI=1S/2C17H23NO4.C15H21NO4.C15H19NO3.C15H19NO2.2CH4/c2*1-12-21-15-9-8-14(10-16(15)22-12)18(2)17(19)20-11-13-6-4-3-5-7-13;1-16(12-7-8-13(17)14(18)9-12)15(19)20-10-11-5-3-2-4-6-11;1-16(12-7-8-13-14(9-12)19-13)15(17)18-10-11-5-3-2-4-6-11;1-16(14-10-6-3-7-11-14)15(17)18-12-13-8-4-2-5-9-13;;/h2*3-7,12,14-16H,8-11H2,1-2H3;2-6,12-14,17-18H,7-10H2,1H3;2-6,12-14H,7-10H2,1H3;2-6,8-9,14H,7,10-12H2,1H3;2*1H4/p+1/t2*12?,14-,15-,16-;12-,13-,14-;;;;/m111..../s1. The number of ether oxygens (including phenoxy) is 10. The van der Waals surface area contributed by atoms with Crippen LogP contribution in [0.25, 0.3) is 0 Å². The minimum Gasteiger partial charge on any atom is -0.445 e. The smallest absolute Gasteiger partial charge is 0.445 e. The average Bonchev–Trinajstić information content (AvgIpc) is 1.64. The van der Waals surface area contributed by atoms with Gasteiger partial charge in [0.05, 0.1) is 48.8 Å². The lowest BCUT2D eigenvalue weighted by Crippen LogP contribution is -2.45. The SMILES string of the molecule is C.C.CC1O[C@@H]2CC[C@@H](N(C)C(=O)OCc3ccccc3)C[C@H]2O1.CC1O[C@@H]2CC[C@@H](N(C)C(=O)OCc3ccccc3)C[C@H]2O1.CN(C(=O)OCc1ccccc1)C1CC=CCC1.CN(C(=O)OCc1ccccc1)C1CCC2OC2C1.CN(C(=O)OCc1ccccc1)[C@@H]1CC[C@@H](O)[C@H](O)C1.[H+]. The van der Waals surface area contributed by atoms with Crippen molar-refractivity contribution in [3.8, 4) is 0 Å². The Labute approximate surface area is 611 Å². The summed E-state index contributed by atoms with van der Waals surface area (Å²) in [5.74, 6) is 0. The number of allylic oxidation sites excluding steroid dienone is 1. The predicted octanol–water partition coefficient (Wildman–Crippen LogP) is 14.7. The minimum absolute atomic E-state index is 0. The number of carbonyl (C=O) groups excluding carboxylic acids is 5. The van der Waals surface area contributed by atoms with Gasteiger partial charge < -0.3 is 82.1 Å². The second-order valence-electron chi connectivity index (χ2n) is 27.2. The van der Waals surface area contributed by atoms with E-state index in [1.54, 1.807) is 40.7 Å². The van der Waals surface area contributed by atoms with Gasteiger partial charge in [-0.1, -0.05) is 179 Å². The van der Waals surface area contributed by atoms with E-state index in [2.05, 4.69) is 12.2 Å². The van der Waals surface area contributed by atoms with Crippen molar-refractivity contribution >= 4 is 30.5 Å². The molecule has 5 aromatic rings. The molecule has 3 aliphatic heterocycles. The van der Waals surface area contributed by atoms with Gasteiger partial charge in [0, 0.05) is 65.4 Å². The van der Waals surface area contributed by atoms with Crippen molar-refractivity contribution in [3.05, 3.63) is 192 Å². The molecular formula is C81H114N5O17+. The van der Waals surface area contributed by atoms with E-state index in [9.17, 15) is 34.2 Å². The number of hydrogen-bond acceptors (Lipinski definition) is 17. The van der Waals surface area contributed by atoms with Crippen LogP contribution in [-0.4, -0.2) is 192 Å². The quantitative estimate of drug-likeness (QED) is 0.0563. The van der Waals surface area contributed by atoms with Gasteiger partial charge in [0.25, 0.3) is 0 Å². The van der Waals surface area contributed by atoms with Crippen LogP contribution < -0.4 is 0 Å². The second kappa shape index (κ2) is 42.0. The summed E-state index contributed by atoms with van der Waals surface area (Å²) in [4.78, 5) is 68.6. The molecule has 5 aromatic carbocycles. The van der Waals surface area contributed by atoms with Gasteiger partial charge in [0.15, 0.2) is 12.6 Å². The van der Waals surface area contributed by atoms with Gasteiger partial charge >= 0.3 is 31.9 Å². The molecule has 15 atom stereocenters. The van der Waals surface area contributed by atoms with Crippen LogP contribution in [-0.2, 0) is 80.4 Å². The lowest BCUT2D eigenvalue weighted by molar-refractivity contribution is -0.0508. The molecule has 5 aliphatic carbocycles. The average molecular weight is 1430 g/mol. The fourth-order valence-corrected chi connectivity index (χ4v) is 13.7. The van der Waals surface area contributed by atoms with Gasteiger partial charge in [0.1, 0.15) is 33.0 Å². The molecule has 0 radical (unpaired) electrons. The lowest BCUT2D eigenvalue weighted by Gasteiger charge is -2.35. The van der Waals surface area contributed by atoms with E-state index in [0.717, 1.165) is 105 Å². The number of hydrogen-bond donors (Lipinski definition) is 2. The molecule has 5 amide bonds. The zero-order valence-corrected chi connectivity index (χ0v) is 59.6. The van der Waals surface area contributed by atoms with Crippen LogP contribution in [0.15, 0.2) is 164 Å². The number of carbonyl (C=O) groups is 5. The maximum Gasteiger partial charge on any atom is 1.00 e. The van der Waals surface area contributed by atoms with Crippen LogP contribution in [0.3, 0.4) is 0 Å². The van der Waals surface area contributed by atoms with E-state index in [-0.39, 0.29) is 114 Å². The molecule has 103 heavy (non-hydrogen) atoms. The molecule has 0 aromatic heterocycles. The number of amides is 5. The minimum atomic E-state index is -0.766. The van der Waals surface area contributed by atoms with Crippen molar-refractivity contribution in [2.75, 3.05) is 35.2 Å². The van der Waals surface area contributed by atoms with E-state index in [4.69, 9.17) is 47.4 Å². The van der Waals surface area contributed by atoms with Gasteiger partial charge in [-0.25, -0.2) is 24.0 Å². The fraction of sp³-hybridized carbons (Fsp3) is 0.543. The largest absolute Gasteiger partial charge is 1.00 e. The summed E-state index contributed by atoms with van der Waals surface area (Å²) < 4.78 is 55.1. The van der Waals surface area contributed by atoms with Crippen molar-refractivity contribution in [2.45, 2.75) is 250 Å². The predicted molar refractivity (Wildman–Crippen MR) is 393 cm³/mol. The summed E-state index contributed by atoms with van der Waals surface area (Å²) in [7, 11) is 8.91. The lowest BCUT2D eigenvalue weighted by atomic mass is 9.90. The third-order valence-corrected chi connectivity index (χ3v) is 20.0. The summed E-state index contributed by atoms with van der Waals surface area (Å²) in [5.41, 5.74) is 4.96. The number of epoxide rings is 1. The highest BCUT2D eigenvalue weighted by Gasteiger charge is 2.46. The van der Waals surface area contributed by atoms with Crippen molar-refractivity contribution < 1.29 is 83.0 Å².